The van der Waals surface area contributed by atoms with Gasteiger partial charge in [-0.05, 0) is 30.7 Å². The van der Waals surface area contributed by atoms with Gasteiger partial charge in [-0.3, -0.25) is 14.3 Å². The highest BCUT2D eigenvalue weighted by Crippen LogP contribution is 2.24. The van der Waals surface area contributed by atoms with Crippen LogP contribution in [0.25, 0.3) is 11.0 Å². The predicted molar refractivity (Wildman–Crippen MR) is 112 cm³/mol. The second-order valence-electron chi connectivity index (χ2n) is 6.23. The minimum Gasteiger partial charge on any atom is -0.440 e. The number of halogens is 2. The molecule has 0 bridgehead atoms. The van der Waals surface area contributed by atoms with Crippen LogP contribution in [0.4, 0.5) is 20.4 Å². The van der Waals surface area contributed by atoms with Crippen molar-refractivity contribution in [3.05, 3.63) is 69.4 Å². The number of hydrogen-bond acceptors (Lipinski definition) is 6. The molecular weight excluding hydrogens is 400 g/mol. The van der Waals surface area contributed by atoms with Crippen molar-refractivity contribution in [2.45, 2.75) is 19.2 Å². The average molecular weight is 419 g/mol. The summed E-state index contributed by atoms with van der Waals surface area (Å²) >= 11 is 0.0496. The van der Waals surface area contributed by atoms with Crippen molar-refractivity contribution in [2.24, 2.45) is 0 Å². The fourth-order valence-corrected chi connectivity index (χ4v) is 3.23. The van der Waals surface area contributed by atoms with Crippen molar-refractivity contribution in [1.82, 2.24) is 4.72 Å². The van der Waals surface area contributed by atoms with Crippen LogP contribution in [-0.2, 0) is 6.54 Å². The zero-order valence-electron chi connectivity index (χ0n) is 15.7. The van der Waals surface area contributed by atoms with Crippen molar-refractivity contribution in [3.63, 3.8) is 0 Å². The highest BCUT2D eigenvalue weighted by molar-refractivity contribution is 7.98. The molecule has 3 rings (SSSR count). The molecule has 0 atom stereocenters. The summed E-state index contributed by atoms with van der Waals surface area (Å²) in [4.78, 5) is 24.6. The molecule has 1 amide bonds. The molecule has 1 aromatic heterocycles. The minimum absolute atomic E-state index is 0.0496. The summed E-state index contributed by atoms with van der Waals surface area (Å²) < 4.78 is 32.6. The van der Waals surface area contributed by atoms with Crippen LogP contribution < -0.4 is 20.8 Å². The first-order valence-electron chi connectivity index (χ1n) is 8.71. The Labute approximate surface area is 169 Å². The first kappa shape index (κ1) is 20.7. The van der Waals surface area contributed by atoms with Gasteiger partial charge in [0.25, 0.3) is 5.91 Å². The highest BCUT2D eigenvalue weighted by atomic mass is 32.2. The third-order valence-electron chi connectivity index (χ3n) is 4.18. The number of hydrogen-bond donors (Lipinski definition) is 3. The van der Waals surface area contributed by atoms with E-state index in [1.54, 1.807) is 31.3 Å². The minimum atomic E-state index is -2.71. The summed E-state index contributed by atoms with van der Waals surface area (Å²) in [6.45, 7) is 2.14. The number of alkyl halides is 2. The fourth-order valence-electron chi connectivity index (χ4n) is 2.92. The van der Waals surface area contributed by atoms with Crippen LogP contribution in [0.2, 0.25) is 0 Å². The topological polar surface area (TPSA) is 83.4 Å². The van der Waals surface area contributed by atoms with Gasteiger partial charge < -0.3 is 15.1 Å². The summed E-state index contributed by atoms with van der Waals surface area (Å²) in [5.74, 6) is -2.99. The SMILES string of the molecule is CNc1cc(=O)c2cc(C)cc(CNc3ccccc3C(=O)NSC(F)F)c2o1. The van der Waals surface area contributed by atoms with Crippen LogP contribution >= 0.6 is 11.9 Å². The molecule has 0 spiro atoms. The number of aryl methyl sites for hydroxylation is 1. The number of benzene rings is 2. The Balaban J connectivity index is 1.91. The number of amides is 1. The summed E-state index contributed by atoms with van der Waals surface area (Å²) in [6, 6.07) is 11.6. The molecular formula is C20H19F2N3O3S. The van der Waals surface area contributed by atoms with E-state index in [1.807, 2.05) is 13.0 Å². The van der Waals surface area contributed by atoms with Crippen LogP contribution in [-0.4, -0.2) is 18.7 Å². The first-order chi connectivity index (χ1) is 13.9. The lowest BCUT2D eigenvalue weighted by atomic mass is 10.1. The van der Waals surface area contributed by atoms with Crippen molar-refractivity contribution in [1.29, 1.82) is 0 Å². The van der Waals surface area contributed by atoms with Crippen molar-refractivity contribution in [2.75, 3.05) is 17.7 Å². The largest absolute Gasteiger partial charge is 0.440 e. The van der Waals surface area contributed by atoms with Gasteiger partial charge in [-0.25, -0.2) is 0 Å². The Morgan fingerprint density at radius 2 is 1.97 bits per heavy atom. The van der Waals surface area contributed by atoms with Crippen LogP contribution in [0.15, 0.2) is 51.7 Å². The number of carbonyl (C=O) groups is 1. The third kappa shape index (κ3) is 4.86. The number of rotatable bonds is 7. The van der Waals surface area contributed by atoms with Gasteiger partial charge >= 0.3 is 5.76 Å². The summed E-state index contributed by atoms with van der Waals surface area (Å²) in [7, 11) is 1.66. The lowest BCUT2D eigenvalue weighted by molar-refractivity contribution is 0.0982. The molecule has 152 valence electrons. The zero-order valence-corrected chi connectivity index (χ0v) is 16.5. The summed E-state index contributed by atoms with van der Waals surface area (Å²) in [6.07, 6.45) is 0. The van der Waals surface area contributed by atoms with Gasteiger partial charge in [0.15, 0.2) is 11.3 Å². The highest BCUT2D eigenvalue weighted by Gasteiger charge is 2.15. The van der Waals surface area contributed by atoms with Gasteiger partial charge in [0.1, 0.15) is 5.58 Å². The third-order valence-corrected chi connectivity index (χ3v) is 4.66. The van der Waals surface area contributed by atoms with Gasteiger partial charge in [0, 0.05) is 42.9 Å². The van der Waals surface area contributed by atoms with Gasteiger partial charge in [0.05, 0.1) is 10.9 Å². The van der Waals surface area contributed by atoms with E-state index in [4.69, 9.17) is 4.42 Å². The molecule has 29 heavy (non-hydrogen) atoms. The lowest BCUT2D eigenvalue weighted by Gasteiger charge is -2.13. The lowest BCUT2D eigenvalue weighted by Crippen LogP contribution is -2.19. The molecule has 0 saturated heterocycles. The quantitative estimate of drug-likeness (QED) is 0.494. The van der Waals surface area contributed by atoms with E-state index in [0.717, 1.165) is 11.1 Å². The normalized spacial score (nSPS) is 10.9. The standard InChI is InChI=1S/C20H19F2N3O3S/c1-11-7-12(18-14(8-11)16(26)9-17(23-2)28-18)10-24-15-6-4-3-5-13(15)19(27)25-29-20(21)22/h3-9,20,23-24H,10H2,1-2H3,(H,25,27). The second kappa shape index (κ2) is 8.95. The number of carbonyl (C=O) groups excluding carboxylic acids is 1. The Kier molecular flexibility index (Phi) is 6.38. The molecule has 0 unspecified atom stereocenters. The molecule has 0 saturated carbocycles. The fraction of sp³-hybridized carbons (Fsp3) is 0.200. The molecule has 3 aromatic rings. The van der Waals surface area contributed by atoms with Crippen molar-refractivity contribution in [3.8, 4) is 0 Å². The molecule has 0 aliphatic heterocycles. The van der Waals surface area contributed by atoms with E-state index in [1.165, 1.54) is 12.1 Å². The maximum Gasteiger partial charge on any atom is 0.302 e. The Morgan fingerprint density at radius 3 is 2.69 bits per heavy atom. The van der Waals surface area contributed by atoms with Crippen molar-refractivity contribution >= 4 is 40.4 Å². The number of para-hydroxylation sites is 1. The van der Waals surface area contributed by atoms with E-state index < -0.39 is 11.7 Å². The number of nitrogens with one attached hydrogen (secondary N) is 3. The monoisotopic (exact) mass is 419 g/mol. The van der Waals surface area contributed by atoms with Crippen molar-refractivity contribution < 1.29 is 18.0 Å². The number of fused-ring (bicyclic) bond motifs is 1. The maximum atomic E-state index is 12.4. The zero-order chi connectivity index (χ0) is 21.0. The Morgan fingerprint density at radius 1 is 1.21 bits per heavy atom. The Bertz CT molecular complexity index is 1100. The van der Waals surface area contributed by atoms with Gasteiger partial charge in [0.2, 0.25) is 0 Å². The van der Waals surface area contributed by atoms with Gasteiger partial charge in [-0.1, -0.05) is 18.2 Å². The van der Waals surface area contributed by atoms with E-state index >= 15 is 0 Å². The van der Waals surface area contributed by atoms with Crippen LogP contribution in [0, 0.1) is 6.92 Å². The molecule has 6 nitrogen and oxygen atoms in total. The van der Waals surface area contributed by atoms with E-state index in [-0.39, 0.29) is 29.5 Å². The Hall–Kier alpha value is -3.07. The molecule has 0 aliphatic carbocycles. The van der Waals surface area contributed by atoms with Crippen LogP contribution in [0.3, 0.4) is 0 Å². The molecule has 9 heteroatoms. The summed E-state index contributed by atoms with van der Waals surface area (Å²) in [5.41, 5.74) is 2.60. The molecule has 0 aliphatic rings. The van der Waals surface area contributed by atoms with Gasteiger partial charge in [-0.2, -0.15) is 8.78 Å². The van der Waals surface area contributed by atoms with Crippen LogP contribution in [0.5, 0.6) is 0 Å². The molecule has 3 N–H and O–H groups in total. The first-order valence-corrected chi connectivity index (χ1v) is 9.59. The molecule has 1 heterocycles. The second-order valence-corrected chi connectivity index (χ2v) is 7.03. The average Bonchev–Trinajstić information content (AvgIpc) is 2.70. The van der Waals surface area contributed by atoms with Gasteiger partial charge in [-0.15, -0.1) is 0 Å². The maximum absolute atomic E-state index is 12.4. The molecule has 0 fully saturated rings. The number of anilines is 2. The van der Waals surface area contributed by atoms with E-state index in [2.05, 4.69) is 15.4 Å². The van der Waals surface area contributed by atoms with E-state index in [9.17, 15) is 18.4 Å². The smallest absolute Gasteiger partial charge is 0.302 e. The molecule has 0 radical (unpaired) electrons. The van der Waals surface area contributed by atoms with Crippen LogP contribution in [0.1, 0.15) is 21.5 Å². The van der Waals surface area contributed by atoms with E-state index in [0.29, 0.717) is 22.5 Å². The summed E-state index contributed by atoms with van der Waals surface area (Å²) in [5, 5.41) is 6.41. The molecule has 2 aromatic carbocycles. The predicted octanol–water partition coefficient (Wildman–Crippen LogP) is 4.36.